The lowest BCUT2D eigenvalue weighted by atomic mass is 9.97. The molecule has 1 unspecified atom stereocenters. The van der Waals surface area contributed by atoms with Gasteiger partial charge in [0.2, 0.25) is 0 Å². The van der Waals surface area contributed by atoms with E-state index >= 15 is 0 Å². The summed E-state index contributed by atoms with van der Waals surface area (Å²) < 4.78 is 0. The van der Waals surface area contributed by atoms with Crippen LogP contribution >= 0.6 is 0 Å². The van der Waals surface area contributed by atoms with Crippen molar-refractivity contribution in [2.75, 3.05) is 0 Å². The summed E-state index contributed by atoms with van der Waals surface area (Å²) in [5, 5.41) is 11.4. The third-order valence-corrected chi connectivity index (χ3v) is 11.7. The molecule has 0 fully saturated rings. The Balaban J connectivity index is 2.63. The van der Waals surface area contributed by atoms with Gasteiger partial charge in [-0.15, -0.1) is 0 Å². The van der Waals surface area contributed by atoms with Crippen LogP contribution in [0.25, 0.3) is 0 Å². The molecule has 1 rings (SSSR count). The summed E-state index contributed by atoms with van der Waals surface area (Å²) in [6.07, 6.45) is 13.3. The summed E-state index contributed by atoms with van der Waals surface area (Å²) in [6, 6.07) is 10.6. The second-order valence-electron chi connectivity index (χ2n) is 10.5. The maximum atomic E-state index is 11.1. The summed E-state index contributed by atoms with van der Waals surface area (Å²) in [5.41, 5.74) is 5.17. The molecule has 1 aromatic carbocycles. The first kappa shape index (κ1) is 26.2. The van der Waals surface area contributed by atoms with Gasteiger partial charge >= 0.3 is 0 Å². The molecule has 29 heavy (non-hydrogen) atoms. The molecule has 1 atom stereocenters. The number of aliphatic hydroxyl groups is 1. The highest BCUT2D eigenvalue weighted by molar-refractivity contribution is 6.84. The predicted octanol–water partition coefficient (Wildman–Crippen LogP) is 8.49. The molecule has 0 aliphatic carbocycles. The summed E-state index contributed by atoms with van der Waals surface area (Å²) >= 11 is 0. The van der Waals surface area contributed by atoms with E-state index in [2.05, 4.69) is 76.8 Å². The van der Waals surface area contributed by atoms with Crippen molar-refractivity contribution in [1.29, 1.82) is 0 Å². The SMILES string of the molecule is CCCCCCCCCC/C(=C\[Si](C)(C)C(C)(C)C)C(O)CCc1ccccc1. The fourth-order valence-electron chi connectivity index (χ4n) is 3.61. The standard InChI is InChI=1S/C27H48OSi/c1-7-8-9-10-11-12-13-17-20-25(23-29(5,6)27(2,3)4)26(28)22-21-24-18-15-14-16-19-24/h14-16,18-19,23,26,28H,7-13,17,20-22H2,1-6H3/b25-23+. The van der Waals surface area contributed by atoms with Crippen LogP contribution in [0.2, 0.25) is 18.1 Å². The Labute approximate surface area is 183 Å². The van der Waals surface area contributed by atoms with Crippen LogP contribution in [0.5, 0.6) is 0 Å². The first-order chi connectivity index (χ1) is 13.7. The minimum absolute atomic E-state index is 0.297. The molecule has 1 N–H and O–H groups in total. The third kappa shape index (κ3) is 10.6. The van der Waals surface area contributed by atoms with Gasteiger partial charge in [-0.3, -0.25) is 0 Å². The molecule has 0 heterocycles. The molecule has 0 aliphatic rings. The fraction of sp³-hybridized carbons (Fsp3) is 0.704. The Bertz CT molecular complexity index is 568. The number of unbranched alkanes of at least 4 members (excludes halogenated alkanes) is 7. The lowest BCUT2D eigenvalue weighted by Gasteiger charge is -2.35. The molecule has 0 amide bonds. The van der Waals surface area contributed by atoms with Crippen molar-refractivity contribution in [3.63, 3.8) is 0 Å². The Morgan fingerprint density at radius 1 is 0.931 bits per heavy atom. The number of benzene rings is 1. The van der Waals surface area contributed by atoms with Gasteiger partial charge in [0, 0.05) is 0 Å². The number of hydrogen-bond donors (Lipinski definition) is 1. The van der Waals surface area contributed by atoms with Crippen LogP contribution in [0, 0.1) is 0 Å². The summed E-state index contributed by atoms with van der Waals surface area (Å²) in [7, 11) is -1.55. The zero-order chi connectivity index (χ0) is 21.8. The first-order valence-corrected chi connectivity index (χ1v) is 15.2. The number of aliphatic hydroxyl groups excluding tert-OH is 1. The zero-order valence-electron chi connectivity index (χ0n) is 20.3. The van der Waals surface area contributed by atoms with Gasteiger partial charge in [-0.1, -0.05) is 122 Å². The number of rotatable bonds is 14. The van der Waals surface area contributed by atoms with Gasteiger partial charge in [0.1, 0.15) is 0 Å². The second kappa shape index (κ2) is 13.4. The third-order valence-electron chi connectivity index (χ3n) is 6.78. The molecule has 0 bridgehead atoms. The van der Waals surface area contributed by atoms with Gasteiger partial charge in [0.25, 0.3) is 0 Å². The topological polar surface area (TPSA) is 20.2 Å². The van der Waals surface area contributed by atoms with E-state index in [1.54, 1.807) is 0 Å². The van der Waals surface area contributed by atoms with Crippen LogP contribution in [0.3, 0.4) is 0 Å². The van der Waals surface area contributed by atoms with Crippen LogP contribution in [0.1, 0.15) is 97.5 Å². The van der Waals surface area contributed by atoms with Crippen molar-refractivity contribution >= 4 is 8.07 Å². The van der Waals surface area contributed by atoms with Gasteiger partial charge < -0.3 is 5.11 Å². The number of aryl methyl sites for hydroxylation is 1. The Morgan fingerprint density at radius 3 is 2.03 bits per heavy atom. The van der Waals surface area contributed by atoms with E-state index in [1.165, 1.54) is 62.5 Å². The molecule has 0 saturated heterocycles. The van der Waals surface area contributed by atoms with Crippen molar-refractivity contribution < 1.29 is 5.11 Å². The monoisotopic (exact) mass is 416 g/mol. The minimum atomic E-state index is -1.55. The van der Waals surface area contributed by atoms with E-state index in [1.807, 2.05) is 0 Å². The molecule has 0 aliphatic heterocycles. The van der Waals surface area contributed by atoms with Gasteiger partial charge in [-0.2, -0.15) is 0 Å². The second-order valence-corrected chi connectivity index (χ2v) is 15.7. The summed E-state index contributed by atoms with van der Waals surface area (Å²) in [4.78, 5) is 0. The Kier molecular flexibility index (Phi) is 12.1. The molecule has 1 aromatic rings. The maximum Gasteiger partial charge on any atom is 0.0770 e. The summed E-state index contributed by atoms with van der Waals surface area (Å²) in [6.45, 7) is 14.3. The van der Waals surface area contributed by atoms with Crippen LogP contribution in [-0.2, 0) is 6.42 Å². The van der Waals surface area contributed by atoms with Crippen LogP contribution in [-0.4, -0.2) is 19.3 Å². The van der Waals surface area contributed by atoms with Gasteiger partial charge in [-0.05, 0) is 41.9 Å². The largest absolute Gasteiger partial charge is 0.389 e. The molecule has 166 valence electrons. The quantitative estimate of drug-likeness (QED) is 0.238. The highest BCUT2D eigenvalue weighted by Gasteiger charge is 2.33. The molecular weight excluding hydrogens is 368 g/mol. The van der Waals surface area contributed by atoms with Crippen LogP contribution in [0.15, 0.2) is 41.6 Å². The van der Waals surface area contributed by atoms with Crippen molar-refractivity contribution in [1.82, 2.24) is 0 Å². The van der Waals surface area contributed by atoms with Crippen molar-refractivity contribution in [3.05, 3.63) is 47.2 Å². The van der Waals surface area contributed by atoms with E-state index < -0.39 is 8.07 Å². The lowest BCUT2D eigenvalue weighted by Crippen LogP contribution is -2.36. The Morgan fingerprint density at radius 2 is 1.48 bits per heavy atom. The van der Waals surface area contributed by atoms with Crippen molar-refractivity contribution in [3.8, 4) is 0 Å². The highest BCUT2D eigenvalue weighted by atomic mass is 28.3. The zero-order valence-corrected chi connectivity index (χ0v) is 21.3. The molecule has 1 nitrogen and oxygen atoms in total. The van der Waals surface area contributed by atoms with E-state index in [-0.39, 0.29) is 6.10 Å². The number of hydrogen-bond acceptors (Lipinski definition) is 1. The predicted molar refractivity (Wildman–Crippen MR) is 133 cm³/mol. The van der Waals surface area contributed by atoms with Crippen LogP contribution in [0.4, 0.5) is 0 Å². The molecule has 0 radical (unpaired) electrons. The summed E-state index contributed by atoms with van der Waals surface area (Å²) in [5.74, 6) is 0. The maximum absolute atomic E-state index is 11.1. The molecule has 0 spiro atoms. The van der Waals surface area contributed by atoms with E-state index in [0.717, 1.165) is 19.3 Å². The molecule has 0 saturated carbocycles. The minimum Gasteiger partial charge on any atom is -0.389 e. The first-order valence-electron chi connectivity index (χ1n) is 12.1. The van der Waals surface area contributed by atoms with Gasteiger partial charge in [0.05, 0.1) is 14.2 Å². The smallest absolute Gasteiger partial charge is 0.0770 e. The average molecular weight is 417 g/mol. The average Bonchev–Trinajstić information content (AvgIpc) is 2.67. The van der Waals surface area contributed by atoms with Gasteiger partial charge in [0.15, 0.2) is 0 Å². The highest BCUT2D eigenvalue weighted by Crippen LogP contribution is 2.38. The fourth-order valence-corrected chi connectivity index (χ4v) is 5.31. The molecule has 2 heteroatoms. The normalized spacial score (nSPS) is 14.2. The van der Waals surface area contributed by atoms with Gasteiger partial charge in [-0.25, -0.2) is 0 Å². The molecular formula is C27H48OSi. The van der Waals surface area contributed by atoms with Crippen LogP contribution < -0.4 is 0 Å². The molecule has 0 aromatic heterocycles. The van der Waals surface area contributed by atoms with Crippen molar-refractivity contribution in [2.45, 2.75) is 123 Å². The lowest BCUT2D eigenvalue weighted by molar-refractivity contribution is 0.196. The van der Waals surface area contributed by atoms with Crippen molar-refractivity contribution in [2.24, 2.45) is 0 Å². The van der Waals surface area contributed by atoms with E-state index in [4.69, 9.17) is 0 Å². The van der Waals surface area contributed by atoms with E-state index in [9.17, 15) is 5.11 Å². The van der Waals surface area contributed by atoms with E-state index in [0.29, 0.717) is 5.04 Å². The Hall–Kier alpha value is -0.863.